The fraction of sp³-hybridized carbons (Fsp3) is 0.500. The summed E-state index contributed by atoms with van der Waals surface area (Å²) < 4.78 is 5.37. The van der Waals surface area contributed by atoms with E-state index in [2.05, 4.69) is 9.88 Å². The molecule has 0 unspecified atom stereocenters. The minimum absolute atomic E-state index is 0.0333. The van der Waals surface area contributed by atoms with Gasteiger partial charge in [-0.15, -0.1) is 0 Å². The first-order valence-electron chi connectivity index (χ1n) is 10.3. The zero-order valence-electron chi connectivity index (χ0n) is 17.1. The average molecular weight is 396 g/mol. The molecule has 3 heterocycles. The summed E-state index contributed by atoms with van der Waals surface area (Å²) >= 11 is 0. The number of nitrogens with zero attached hydrogens (tertiary/aromatic N) is 3. The number of likely N-dealkylation sites (N-methyl/N-ethyl adjacent to an activating group) is 1. The van der Waals surface area contributed by atoms with E-state index in [1.807, 2.05) is 36.2 Å². The van der Waals surface area contributed by atoms with Gasteiger partial charge in [0.1, 0.15) is 11.6 Å². The van der Waals surface area contributed by atoms with E-state index in [4.69, 9.17) is 9.72 Å². The SMILES string of the molecule is COc1ccccc1CC(=O)N1CCC[C@@H](c2nc3c(c(=O)[nH]2)CN(C)CC3)C1. The number of rotatable bonds is 4. The van der Waals surface area contributed by atoms with Gasteiger partial charge in [-0.05, 0) is 26.0 Å². The number of hydrogen-bond acceptors (Lipinski definition) is 5. The number of carbonyl (C=O) groups is 1. The minimum atomic E-state index is -0.0333. The predicted molar refractivity (Wildman–Crippen MR) is 110 cm³/mol. The van der Waals surface area contributed by atoms with E-state index in [1.165, 1.54) is 0 Å². The molecule has 2 aliphatic heterocycles. The number of ether oxygens (including phenoxy) is 1. The standard InChI is InChI=1S/C22H28N4O3/c1-25-11-9-18-17(14-25)22(28)24-21(23-18)16-7-5-10-26(13-16)20(27)12-15-6-3-4-8-19(15)29-2/h3-4,6,8,16H,5,7,9-14H2,1-2H3,(H,23,24,28)/t16-/m1/s1. The third-order valence-corrected chi connectivity index (χ3v) is 5.97. The van der Waals surface area contributed by atoms with Gasteiger partial charge in [-0.2, -0.15) is 0 Å². The van der Waals surface area contributed by atoms with Crippen molar-refractivity contribution in [1.29, 1.82) is 0 Å². The third-order valence-electron chi connectivity index (χ3n) is 5.97. The molecule has 1 atom stereocenters. The molecule has 0 spiro atoms. The van der Waals surface area contributed by atoms with E-state index in [-0.39, 0.29) is 17.4 Å². The second-order valence-corrected chi connectivity index (χ2v) is 8.03. The summed E-state index contributed by atoms with van der Waals surface area (Å²) in [4.78, 5) is 37.3. The zero-order valence-corrected chi connectivity index (χ0v) is 17.1. The molecule has 2 aromatic rings. The van der Waals surface area contributed by atoms with Crippen LogP contribution < -0.4 is 10.3 Å². The smallest absolute Gasteiger partial charge is 0.255 e. The number of amides is 1. The number of para-hydroxylation sites is 1. The lowest BCUT2D eigenvalue weighted by Crippen LogP contribution is -2.41. The molecule has 1 amide bonds. The highest BCUT2D eigenvalue weighted by atomic mass is 16.5. The van der Waals surface area contributed by atoms with Crippen LogP contribution in [-0.2, 0) is 24.2 Å². The number of nitrogens with one attached hydrogen (secondary N) is 1. The monoisotopic (exact) mass is 396 g/mol. The van der Waals surface area contributed by atoms with E-state index in [1.54, 1.807) is 7.11 Å². The van der Waals surface area contributed by atoms with Crippen molar-refractivity contribution in [2.45, 2.75) is 38.1 Å². The lowest BCUT2D eigenvalue weighted by molar-refractivity contribution is -0.131. The summed E-state index contributed by atoms with van der Waals surface area (Å²) in [6.45, 7) is 2.89. The van der Waals surface area contributed by atoms with Crippen LogP contribution >= 0.6 is 0 Å². The number of aromatic nitrogens is 2. The van der Waals surface area contributed by atoms with Gasteiger partial charge in [-0.1, -0.05) is 18.2 Å². The number of aromatic amines is 1. The molecule has 1 saturated heterocycles. The van der Waals surface area contributed by atoms with Gasteiger partial charge < -0.3 is 19.5 Å². The summed E-state index contributed by atoms with van der Waals surface area (Å²) in [7, 11) is 3.64. The maximum Gasteiger partial charge on any atom is 0.255 e. The van der Waals surface area contributed by atoms with E-state index in [0.717, 1.165) is 60.7 Å². The zero-order chi connectivity index (χ0) is 20.4. The molecule has 1 N–H and O–H groups in total. The Morgan fingerprint density at radius 2 is 2.14 bits per heavy atom. The van der Waals surface area contributed by atoms with Crippen LogP contribution in [0.4, 0.5) is 0 Å². The number of benzene rings is 1. The normalized spacial score (nSPS) is 19.7. The lowest BCUT2D eigenvalue weighted by Gasteiger charge is -2.33. The Labute approximate surface area is 170 Å². The van der Waals surface area contributed by atoms with E-state index in [9.17, 15) is 9.59 Å². The van der Waals surface area contributed by atoms with Crippen LogP contribution in [0.5, 0.6) is 5.75 Å². The van der Waals surface area contributed by atoms with Crippen molar-refractivity contribution in [1.82, 2.24) is 19.8 Å². The number of likely N-dealkylation sites (tertiary alicyclic amines) is 1. The molecular weight excluding hydrogens is 368 g/mol. The number of fused-ring (bicyclic) bond motifs is 1. The Hall–Kier alpha value is -2.67. The van der Waals surface area contributed by atoms with Crippen LogP contribution in [0, 0.1) is 0 Å². The highest BCUT2D eigenvalue weighted by molar-refractivity contribution is 5.79. The first kappa shape index (κ1) is 19.6. The van der Waals surface area contributed by atoms with Crippen LogP contribution in [0.3, 0.4) is 0 Å². The van der Waals surface area contributed by atoms with Crippen molar-refractivity contribution in [3.8, 4) is 5.75 Å². The lowest BCUT2D eigenvalue weighted by atomic mass is 9.95. The number of piperidine rings is 1. The second-order valence-electron chi connectivity index (χ2n) is 8.03. The van der Waals surface area contributed by atoms with Gasteiger partial charge in [0.05, 0.1) is 24.8 Å². The molecule has 0 aliphatic carbocycles. The van der Waals surface area contributed by atoms with Crippen molar-refractivity contribution >= 4 is 5.91 Å². The highest BCUT2D eigenvalue weighted by Crippen LogP contribution is 2.26. The first-order chi connectivity index (χ1) is 14.0. The Kier molecular flexibility index (Phi) is 5.67. The van der Waals surface area contributed by atoms with Gasteiger partial charge in [0.2, 0.25) is 5.91 Å². The molecule has 1 fully saturated rings. The van der Waals surface area contributed by atoms with Crippen molar-refractivity contribution in [2.75, 3.05) is 33.8 Å². The minimum Gasteiger partial charge on any atom is -0.496 e. The molecule has 0 bridgehead atoms. The molecule has 0 radical (unpaired) electrons. The number of methoxy groups -OCH3 is 1. The predicted octanol–water partition coefficient (Wildman–Crippen LogP) is 1.72. The highest BCUT2D eigenvalue weighted by Gasteiger charge is 2.28. The second kappa shape index (κ2) is 8.37. The van der Waals surface area contributed by atoms with E-state index < -0.39 is 0 Å². The van der Waals surface area contributed by atoms with Crippen LogP contribution in [0.15, 0.2) is 29.1 Å². The summed E-state index contributed by atoms with van der Waals surface area (Å²) in [6.07, 6.45) is 2.95. The summed E-state index contributed by atoms with van der Waals surface area (Å²) in [5, 5.41) is 0. The van der Waals surface area contributed by atoms with Crippen LogP contribution in [0.25, 0.3) is 0 Å². The summed E-state index contributed by atoms with van der Waals surface area (Å²) in [5.74, 6) is 1.62. The maximum absolute atomic E-state index is 12.9. The molecule has 154 valence electrons. The molecule has 4 rings (SSSR count). The van der Waals surface area contributed by atoms with Crippen molar-refractivity contribution in [2.24, 2.45) is 0 Å². The molecule has 0 saturated carbocycles. The Morgan fingerprint density at radius 1 is 1.31 bits per heavy atom. The fourth-order valence-corrected chi connectivity index (χ4v) is 4.32. The maximum atomic E-state index is 12.9. The van der Waals surface area contributed by atoms with E-state index >= 15 is 0 Å². The van der Waals surface area contributed by atoms with Gasteiger partial charge in [0.25, 0.3) is 5.56 Å². The Balaban J connectivity index is 1.49. The molecular formula is C22H28N4O3. The number of H-pyrrole nitrogens is 1. The van der Waals surface area contributed by atoms with Crippen LogP contribution in [-0.4, -0.2) is 59.5 Å². The number of carbonyl (C=O) groups excluding carboxylic acids is 1. The van der Waals surface area contributed by atoms with Crippen molar-refractivity contribution in [3.05, 3.63) is 57.3 Å². The largest absolute Gasteiger partial charge is 0.496 e. The van der Waals surface area contributed by atoms with Gasteiger partial charge in [-0.25, -0.2) is 4.98 Å². The van der Waals surface area contributed by atoms with Crippen molar-refractivity contribution < 1.29 is 9.53 Å². The molecule has 1 aromatic carbocycles. The van der Waals surface area contributed by atoms with Gasteiger partial charge in [-0.3, -0.25) is 9.59 Å². The van der Waals surface area contributed by atoms with Gasteiger partial charge in [0.15, 0.2) is 0 Å². The topological polar surface area (TPSA) is 78.5 Å². The molecule has 29 heavy (non-hydrogen) atoms. The molecule has 1 aromatic heterocycles. The van der Waals surface area contributed by atoms with Crippen LogP contribution in [0.2, 0.25) is 0 Å². The fourth-order valence-electron chi connectivity index (χ4n) is 4.32. The molecule has 7 heteroatoms. The van der Waals surface area contributed by atoms with Crippen LogP contribution in [0.1, 0.15) is 41.4 Å². The average Bonchev–Trinajstić information content (AvgIpc) is 2.74. The Bertz CT molecular complexity index is 955. The summed E-state index contributed by atoms with van der Waals surface area (Å²) in [5.41, 5.74) is 2.56. The van der Waals surface area contributed by atoms with Crippen molar-refractivity contribution in [3.63, 3.8) is 0 Å². The first-order valence-corrected chi connectivity index (χ1v) is 10.3. The van der Waals surface area contributed by atoms with Gasteiger partial charge >= 0.3 is 0 Å². The van der Waals surface area contributed by atoms with Gasteiger partial charge in [0, 0.05) is 44.1 Å². The third kappa shape index (κ3) is 4.19. The molecule has 2 aliphatic rings. The molecule has 7 nitrogen and oxygen atoms in total. The Morgan fingerprint density at radius 3 is 2.97 bits per heavy atom. The van der Waals surface area contributed by atoms with E-state index in [0.29, 0.717) is 19.5 Å². The quantitative estimate of drug-likeness (QED) is 0.851. The number of hydrogen-bond donors (Lipinski definition) is 1. The summed E-state index contributed by atoms with van der Waals surface area (Å²) in [6, 6.07) is 7.63.